The second-order valence-electron chi connectivity index (χ2n) is 5.05. The molecule has 0 aliphatic heterocycles. The Labute approximate surface area is 121 Å². The highest BCUT2D eigenvalue weighted by Gasteiger charge is 2.08. The van der Waals surface area contributed by atoms with E-state index in [2.05, 4.69) is 49.2 Å². The summed E-state index contributed by atoms with van der Waals surface area (Å²) < 4.78 is 5.44. The zero-order valence-corrected chi connectivity index (χ0v) is 12.4. The molecule has 0 unspecified atom stereocenters. The molecule has 2 aromatic rings. The Morgan fingerprint density at radius 2 is 1.95 bits per heavy atom. The summed E-state index contributed by atoms with van der Waals surface area (Å²) in [6.45, 7) is 3.44. The van der Waals surface area contributed by atoms with Gasteiger partial charge in [0.15, 0.2) is 0 Å². The minimum absolute atomic E-state index is 0.547. The maximum atomic E-state index is 5.72. The molecular formula is C17H22N2O. The van der Waals surface area contributed by atoms with Crippen LogP contribution in [0.25, 0.3) is 0 Å². The Balaban J connectivity index is 2.24. The molecule has 0 saturated heterocycles. The molecule has 2 rings (SSSR count). The number of rotatable bonds is 5. The number of nitrogens with zero attached hydrogens (tertiary/aromatic N) is 1. The molecule has 0 radical (unpaired) electrons. The van der Waals surface area contributed by atoms with Gasteiger partial charge in [0, 0.05) is 31.4 Å². The SMILES string of the molecule is COc1ccc(CN)cc1CN(C)c1cccc(C)c1. The minimum atomic E-state index is 0.547. The predicted octanol–water partition coefficient (Wildman–Crippen LogP) is 3.10. The van der Waals surface area contributed by atoms with Gasteiger partial charge < -0.3 is 15.4 Å². The zero-order valence-electron chi connectivity index (χ0n) is 12.4. The maximum absolute atomic E-state index is 5.72. The number of benzene rings is 2. The van der Waals surface area contributed by atoms with Crippen molar-refractivity contribution in [2.24, 2.45) is 5.73 Å². The van der Waals surface area contributed by atoms with Crippen LogP contribution in [0.1, 0.15) is 16.7 Å². The lowest BCUT2D eigenvalue weighted by Gasteiger charge is -2.21. The largest absolute Gasteiger partial charge is 0.496 e. The van der Waals surface area contributed by atoms with Gasteiger partial charge in [0.1, 0.15) is 5.75 Å². The number of methoxy groups -OCH3 is 1. The summed E-state index contributed by atoms with van der Waals surface area (Å²) in [5.41, 5.74) is 10.5. The number of anilines is 1. The van der Waals surface area contributed by atoms with Crippen LogP contribution >= 0.6 is 0 Å². The first-order chi connectivity index (χ1) is 9.63. The second-order valence-corrected chi connectivity index (χ2v) is 5.05. The van der Waals surface area contributed by atoms with Gasteiger partial charge in [-0.15, -0.1) is 0 Å². The molecule has 0 bridgehead atoms. The first-order valence-corrected chi connectivity index (χ1v) is 6.77. The quantitative estimate of drug-likeness (QED) is 0.907. The van der Waals surface area contributed by atoms with E-state index < -0.39 is 0 Å². The lowest BCUT2D eigenvalue weighted by Crippen LogP contribution is -2.17. The van der Waals surface area contributed by atoms with Crippen molar-refractivity contribution in [1.82, 2.24) is 0 Å². The van der Waals surface area contributed by atoms with Gasteiger partial charge in [0.05, 0.1) is 7.11 Å². The predicted molar refractivity (Wildman–Crippen MR) is 84.2 cm³/mol. The van der Waals surface area contributed by atoms with Crippen LogP contribution in [0.3, 0.4) is 0 Å². The van der Waals surface area contributed by atoms with Gasteiger partial charge in [-0.3, -0.25) is 0 Å². The number of hydrogen-bond donors (Lipinski definition) is 1. The van der Waals surface area contributed by atoms with Gasteiger partial charge >= 0.3 is 0 Å². The molecule has 0 fully saturated rings. The molecule has 0 amide bonds. The first-order valence-electron chi connectivity index (χ1n) is 6.77. The highest BCUT2D eigenvalue weighted by molar-refractivity contribution is 5.49. The fraction of sp³-hybridized carbons (Fsp3) is 0.294. The molecule has 106 valence electrons. The van der Waals surface area contributed by atoms with Crippen LogP contribution in [-0.4, -0.2) is 14.2 Å². The van der Waals surface area contributed by atoms with Crippen molar-refractivity contribution in [3.8, 4) is 5.75 Å². The molecule has 0 aliphatic carbocycles. The molecule has 0 heterocycles. The van der Waals surface area contributed by atoms with Crippen molar-refractivity contribution in [2.45, 2.75) is 20.0 Å². The van der Waals surface area contributed by atoms with E-state index in [1.807, 2.05) is 12.1 Å². The van der Waals surface area contributed by atoms with Gasteiger partial charge in [-0.1, -0.05) is 18.2 Å². The molecule has 0 aromatic heterocycles. The maximum Gasteiger partial charge on any atom is 0.123 e. The van der Waals surface area contributed by atoms with Crippen LogP contribution in [0.2, 0.25) is 0 Å². The Morgan fingerprint density at radius 1 is 1.15 bits per heavy atom. The summed E-state index contributed by atoms with van der Waals surface area (Å²) in [5.74, 6) is 0.904. The molecule has 20 heavy (non-hydrogen) atoms. The standard InChI is InChI=1S/C17H22N2O/c1-13-5-4-6-16(9-13)19(2)12-15-10-14(11-18)7-8-17(15)20-3/h4-10H,11-12,18H2,1-3H3. The van der Waals surface area contributed by atoms with Crippen LogP contribution in [0.4, 0.5) is 5.69 Å². The van der Waals surface area contributed by atoms with Crippen LogP contribution in [0.5, 0.6) is 5.75 Å². The third-order valence-corrected chi connectivity index (χ3v) is 3.43. The van der Waals surface area contributed by atoms with Crippen molar-refractivity contribution in [1.29, 1.82) is 0 Å². The van der Waals surface area contributed by atoms with E-state index in [1.54, 1.807) is 7.11 Å². The second kappa shape index (κ2) is 6.44. The fourth-order valence-corrected chi connectivity index (χ4v) is 2.29. The van der Waals surface area contributed by atoms with Crippen LogP contribution in [0, 0.1) is 6.92 Å². The van der Waals surface area contributed by atoms with E-state index in [0.29, 0.717) is 6.54 Å². The van der Waals surface area contributed by atoms with E-state index in [4.69, 9.17) is 10.5 Å². The van der Waals surface area contributed by atoms with E-state index >= 15 is 0 Å². The van der Waals surface area contributed by atoms with Crippen molar-refractivity contribution < 1.29 is 4.74 Å². The lowest BCUT2D eigenvalue weighted by atomic mass is 10.1. The number of hydrogen-bond acceptors (Lipinski definition) is 3. The summed E-state index contributed by atoms with van der Waals surface area (Å²) in [6.07, 6.45) is 0. The summed E-state index contributed by atoms with van der Waals surface area (Å²) in [4.78, 5) is 2.21. The van der Waals surface area contributed by atoms with E-state index in [0.717, 1.165) is 23.4 Å². The number of aryl methyl sites for hydroxylation is 1. The molecule has 0 spiro atoms. The van der Waals surface area contributed by atoms with Gasteiger partial charge in [0.2, 0.25) is 0 Å². The van der Waals surface area contributed by atoms with Crippen LogP contribution < -0.4 is 15.4 Å². The molecule has 0 aliphatic rings. The molecular weight excluding hydrogens is 248 g/mol. The van der Waals surface area contributed by atoms with Crippen molar-refractivity contribution in [3.05, 3.63) is 59.2 Å². The number of ether oxygens (including phenoxy) is 1. The van der Waals surface area contributed by atoms with Crippen molar-refractivity contribution in [2.75, 3.05) is 19.1 Å². The number of nitrogens with two attached hydrogens (primary N) is 1. The van der Waals surface area contributed by atoms with Crippen LogP contribution in [-0.2, 0) is 13.1 Å². The van der Waals surface area contributed by atoms with Crippen LogP contribution in [0.15, 0.2) is 42.5 Å². The fourth-order valence-electron chi connectivity index (χ4n) is 2.29. The first kappa shape index (κ1) is 14.4. The Bertz CT molecular complexity index is 581. The normalized spacial score (nSPS) is 10.4. The highest BCUT2D eigenvalue weighted by Crippen LogP contribution is 2.24. The smallest absolute Gasteiger partial charge is 0.123 e. The minimum Gasteiger partial charge on any atom is -0.496 e. The third-order valence-electron chi connectivity index (χ3n) is 3.43. The molecule has 2 N–H and O–H groups in total. The summed E-state index contributed by atoms with van der Waals surface area (Å²) >= 11 is 0. The Morgan fingerprint density at radius 3 is 2.60 bits per heavy atom. The molecule has 2 aromatic carbocycles. The van der Waals surface area contributed by atoms with E-state index in [1.165, 1.54) is 11.3 Å². The van der Waals surface area contributed by atoms with Crippen molar-refractivity contribution >= 4 is 5.69 Å². The average Bonchev–Trinajstić information content (AvgIpc) is 2.47. The average molecular weight is 270 g/mol. The molecule has 0 saturated carbocycles. The van der Waals surface area contributed by atoms with Gasteiger partial charge in [-0.25, -0.2) is 0 Å². The lowest BCUT2D eigenvalue weighted by molar-refractivity contribution is 0.409. The van der Waals surface area contributed by atoms with E-state index in [-0.39, 0.29) is 0 Å². The Kier molecular flexibility index (Phi) is 4.64. The monoisotopic (exact) mass is 270 g/mol. The summed E-state index contributed by atoms with van der Waals surface area (Å²) in [7, 11) is 3.79. The van der Waals surface area contributed by atoms with Gasteiger partial charge in [-0.05, 0) is 42.3 Å². The van der Waals surface area contributed by atoms with Crippen molar-refractivity contribution in [3.63, 3.8) is 0 Å². The van der Waals surface area contributed by atoms with Gasteiger partial charge in [0.25, 0.3) is 0 Å². The summed E-state index contributed by atoms with van der Waals surface area (Å²) in [6, 6.07) is 14.6. The topological polar surface area (TPSA) is 38.5 Å². The third kappa shape index (κ3) is 3.31. The molecule has 0 atom stereocenters. The highest BCUT2D eigenvalue weighted by atomic mass is 16.5. The van der Waals surface area contributed by atoms with E-state index in [9.17, 15) is 0 Å². The Hall–Kier alpha value is -2.00. The summed E-state index contributed by atoms with van der Waals surface area (Å²) in [5, 5.41) is 0. The molecule has 3 nitrogen and oxygen atoms in total. The van der Waals surface area contributed by atoms with Gasteiger partial charge in [-0.2, -0.15) is 0 Å². The zero-order chi connectivity index (χ0) is 14.5. The molecule has 3 heteroatoms.